The quantitative estimate of drug-likeness (QED) is 0.712. The number of amides is 1. The molecule has 1 aliphatic rings. The highest BCUT2D eigenvalue weighted by Gasteiger charge is 2.44. The first kappa shape index (κ1) is 20.8. The molecule has 1 saturated heterocycles. The van der Waals surface area contributed by atoms with Crippen LogP contribution in [-0.4, -0.2) is 41.3 Å². The van der Waals surface area contributed by atoms with Crippen molar-refractivity contribution in [1.29, 1.82) is 0 Å². The molecule has 0 spiro atoms. The van der Waals surface area contributed by atoms with Gasteiger partial charge in [0.25, 0.3) is 0 Å². The topological polar surface area (TPSA) is 55.8 Å². The van der Waals surface area contributed by atoms with Gasteiger partial charge in [-0.25, -0.2) is 4.79 Å². The Balaban J connectivity index is 2.71. The Labute approximate surface area is 147 Å². The third-order valence-corrected chi connectivity index (χ3v) is 5.62. The molecule has 0 aromatic heterocycles. The molecule has 5 nitrogen and oxygen atoms in total. The SMILES string of the molecule is CCC(C)(C)C(=O)OC1(C)CCN(C(=O)OC(C)(C)C(C)(C)C)C1. The van der Waals surface area contributed by atoms with Crippen LogP contribution in [0.4, 0.5) is 4.79 Å². The van der Waals surface area contributed by atoms with Crippen LogP contribution >= 0.6 is 0 Å². The Morgan fingerprint density at radius 2 is 1.62 bits per heavy atom. The fraction of sp³-hybridized carbons (Fsp3) is 0.895. The first-order chi connectivity index (χ1) is 10.6. The number of carbonyl (C=O) groups is 2. The molecular formula is C19H35NO4. The molecule has 0 bridgehead atoms. The molecule has 1 rings (SSSR count). The van der Waals surface area contributed by atoms with Crippen molar-refractivity contribution < 1.29 is 19.1 Å². The third-order valence-electron chi connectivity index (χ3n) is 5.62. The average molecular weight is 341 g/mol. The summed E-state index contributed by atoms with van der Waals surface area (Å²) >= 11 is 0. The van der Waals surface area contributed by atoms with Gasteiger partial charge in [-0.05, 0) is 41.0 Å². The van der Waals surface area contributed by atoms with E-state index < -0.39 is 16.6 Å². The number of likely N-dealkylation sites (tertiary alicyclic amines) is 1. The Morgan fingerprint density at radius 1 is 1.08 bits per heavy atom. The largest absolute Gasteiger partial charge is 0.457 e. The molecule has 1 fully saturated rings. The van der Waals surface area contributed by atoms with Crippen molar-refractivity contribution in [3.05, 3.63) is 0 Å². The number of rotatable bonds is 4. The summed E-state index contributed by atoms with van der Waals surface area (Å²) < 4.78 is 11.5. The second kappa shape index (κ2) is 6.57. The minimum absolute atomic E-state index is 0.163. The zero-order chi connectivity index (χ0) is 19.0. The van der Waals surface area contributed by atoms with Crippen LogP contribution in [0.15, 0.2) is 0 Å². The molecule has 0 radical (unpaired) electrons. The van der Waals surface area contributed by atoms with Crippen LogP contribution < -0.4 is 0 Å². The zero-order valence-electron chi connectivity index (χ0n) is 16.9. The molecule has 0 N–H and O–H groups in total. The summed E-state index contributed by atoms with van der Waals surface area (Å²) in [6.45, 7) is 18.5. The Morgan fingerprint density at radius 3 is 2.08 bits per heavy atom. The van der Waals surface area contributed by atoms with Gasteiger partial charge >= 0.3 is 12.1 Å². The van der Waals surface area contributed by atoms with Crippen LogP contribution in [0.1, 0.15) is 75.2 Å². The second-order valence-corrected chi connectivity index (χ2v) is 9.38. The van der Waals surface area contributed by atoms with E-state index in [-0.39, 0.29) is 17.5 Å². The summed E-state index contributed by atoms with van der Waals surface area (Å²) in [4.78, 5) is 26.5. The van der Waals surface area contributed by atoms with Gasteiger partial charge in [0.1, 0.15) is 11.2 Å². The van der Waals surface area contributed by atoms with Crippen LogP contribution in [0.3, 0.4) is 0 Å². The summed E-state index contributed by atoms with van der Waals surface area (Å²) in [6, 6.07) is 0. The van der Waals surface area contributed by atoms with E-state index in [9.17, 15) is 9.59 Å². The van der Waals surface area contributed by atoms with Crippen LogP contribution in [-0.2, 0) is 14.3 Å². The van der Waals surface area contributed by atoms with E-state index in [0.29, 0.717) is 25.9 Å². The predicted octanol–water partition coefficient (Wildman–Crippen LogP) is 4.39. The fourth-order valence-electron chi connectivity index (χ4n) is 2.11. The number of hydrogen-bond acceptors (Lipinski definition) is 4. The summed E-state index contributed by atoms with van der Waals surface area (Å²) in [7, 11) is 0. The summed E-state index contributed by atoms with van der Waals surface area (Å²) in [6.07, 6.45) is 1.00. The maximum atomic E-state index is 12.5. The number of nitrogens with zero attached hydrogens (tertiary/aromatic N) is 1. The Hall–Kier alpha value is -1.26. The number of esters is 1. The molecule has 140 valence electrons. The van der Waals surface area contributed by atoms with Gasteiger partial charge in [-0.15, -0.1) is 0 Å². The minimum Gasteiger partial charge on any atom is -0.457 e. The smallest absolute Gasteiger partial charge is 0.410 e. The van der Waals surface area contributed by atoms with E-state index in [1.807, 2.05) is 62.3 Å². The Kier molecular flexibility index (Phi) is 5.69. The normalized spacial score (nSPS) is 22.5. The first-order valence-electron chi connectivity index (χ1n) is 8.85. The monoisotopic (exact) mass is 341 g/mol. The van der Waals surface area contributed by atoms with Crippen LogP contribution in [0.2, 0.25) is 0 Å². The van der Waals surface area contributed by atoms with Gasteiger partial charge in [-0.2, -0.15) is 0 Å². The summed E-state index contributed by atoms with van der Waals surface area (Å²) in [5.41, 5.74) is -1.90. The van der Waals surface area contributed by atoms with E-state index >= 15 is 0 Å². The second-order valence-electron chi connectivity index (χ2n) is 9.38. The van der Waals surface area contributed by atoms with E-state index in [2.05, 4.69) is 0 Å². The molecular weight excluding hydrogens is 306 g/mol. The lowest BCUT2D eigenvalue weighted by molar-refractivity contribution is -0.167. The molecule has 0 aliphatic carbocycles. The summed E-state index contributed by atoms with van der Waals surface area (Å²) in [5.74, 6) is -0.210. The van der Waals surface area contributed by atoms with Crippen molar-refractivity contribution in [2.24, 2.45) is 10.8 Å². The molecule has 0 aromatic carbocycles. The van der Waals surface area contributed by atoms with Gasteiger partial charge in [0.2, 0.25) is 0 Å². The van der Waals surface area contributed by atoms with Crippen molar-refractivity contribution in [3.8, 4) is 0 Å². The zero-order valence-corrected chi connectivity index (χ0v) is 16.9. The standard InChI is InChI=1S/C19H35NO4/c1-10-17(5,6)14(21)23-19(9)11-12-20(13-19)15(22)24-18(7,8)16(2,3)4/h10-13H2,1-9H3. The third kappa shape index (κ3) is 4.64. The van der Waals surface area contributed by atoms with Crippen molar-refractivity contribution in [1.82, 2.24) is 4.90 Å². The predicted molar refractivity (Wildman–Crippen MR) is 94.8 cm³/mol. The molecule has 0 aromatic rings. The van der Waals surface area contributed by atoms with E-state index in [1.165, 1.54) is 0 Å². The van der Waals surface area contributed by atoms with E-state index in [4.69, 9.17) is 9.47 Å². The van der Waals surface area contributed by atoms with Gasteiger partial charge in [-0.1, -0.05) is 27.7 Å². The highest BCUT2D eigenvalue weighted by molar-refractivity contribution is 5.76. The molecule has 1 atom stereocenters. The molecule has 1 amide bonds. The maximum absolute atomic E-state index is 12.5. The highest BCUT2D eigenvalue weighted by Crippen LogP contribution is 2.35. The lowest BCUT2D eigenvalue weighted by Gasteiger charge is -2.39. The summed E-state index contributed by atoms with van der Waals surface area (Å²) in [5, 5.41) is 0. The van der Waals surface area contributed by atoms with Crippen molar-refractivity contribution in [2.75, 3.05) is 13.1 Å². The lowest BCUT2D eigenvalue weighted by atomic mass is 9.79. The highest BCUT2D eigenvalue weighted by atomic mass is 16.6. The number of ether oxygens (including phenoxy) is 2. The first-order valence-corrected chi connectivity index (χ1v) is 8.85. The van der Waals surface area contributed by atoms with Gasteiger partial charge in [0.05, 0.1) is 12.0 Å². The van der Waals surface area contributed by atoms with Crippen LogP contribution in [0.25, 0.3) is 0 Å². The van der Waals surface area contributed by atoms with Gasteiger partial charge in [-0.3, -0.25) is 4.79 Å². The van der Waals surface area contributed by atoms with E-state index in [1.54, 1.807) is 4.90 Å². The van der Waals surface area contributed by atoms with Gasteiger partial charge < -0.3 is 14.4 Å². The van der Waals surface area contributed by atoms with Crippen LogP contribution in [0.5, 0.6) is 0 Å². The van der Waals surface area contributed by atoms with Gasteiger partial charge in [0, 0.05) is 18.4 Å². The fourth-order valence-corrected chi connectivity index (χ4v) is 2.11. The number of carbonyl (C=O) groups excluding carboxylic acids is 2. The molecule has 24 heavy (non-hydrogen) atoms. The molecule has 1 unspecified atom stereocenters. The lowest BCUT2D eigenvalue weighted by Crippen LogP contribution is -2.46. The Bertz CT molecular complexity index is 490. The van der Waals surface area contributed by atoms with Crippen molar-refractivity contribution >= 4 is 12.1 Å². The molecule has 0 saturated carbocycles. The maximum Gasteiger partial charge on any atom is 0.410 e. The minimum atomic E-state index is -0.644. The average Bonchev–Trinajstić information content (AvgIpc) is 2.79. The van der Waals surface area contributed by atoms with Crippen molar-refractivity contribution in [3.63, 3.8) is 0 Å². The van der Waals surface area contributed by atoms with Gasteiger partial charge in [0.15, 0.2) is 0 Å². The molecule has 5 heteroatoms. The van der Waals surface area contributed by atoms with E-state index in [0.717, 1.165) is 0 Å². The number of hydrogen-bond donors (Lipinski definition) is 0. The van der Waals surface area contributed by atoms with Crippen molar-refractivity contribution in [2.45, 2.75) is 86.4 Å². The molecule has 1 aliphatic heterocycles. The molecule has 1 heterocycles. The van der Waals surface area contributed by atoms with Crippen LogP contribution in [0, 0.1) is 10.8 Å².